The summed E-state index contributed by atoms with van der Waals surface area (Å²) < 4.78 is 5.13. The van der Waals surface area contributed by atoms with Crippen LogP contribution in [0.25, 0.3) is 0 Å². The van der Waals surface area contributed by atoms with Gasteiger partial charge in [0.1, 0.15) is 5.75 Å². The van der Waals surface area contributed by atoms with Crippen molar-refractivity contribution < 1.29 is 4.74 Å². The lowest BCUT2D eigenvalue weighted by molar-refractivity contribution is 0.331. The van der Waals surface area contributed by atoms with Gasteiger partial charge in [0.15, 0.2) is 0 Å². The van der Waals surface area contributed by atoms with E-state index in [-0.39, 0.29) is 0 Å². The van der Waals surface area contributed by atoms with Gasteiger partial charge in [-0.25, -0.2) is 0 Å². The van der Waals surface area contributed by atoms with Gasteiger partial charge in [-0.15, -0.1) is 0 Å². The fraction of sp³-hybridized carbons (Fsp3) is 0.500. The molecule has 0 saturated carbocycles. The highest BCUT2D eigenvalue weighted by atomic mass is 16.5. The van der Waals surface area contributed by atoms with E-state index in [1.54, 1.807) is 7.11 Å². The molecule has 0 unspecified atom stereocenters. The quantitative estimate of drug-likeness (QED) is 0.727. The largest absolute Gasteiger partial charge is 0.497 e. The molecule has 14 heavy (non-hydrogen) atoms. The van der Waals surface area contributed by atoms with E-state index >= 15 is 0 Å². The first-order valence-corrected chi connectivity index (χ1v) is 5.24. The molecule has 1 aliphatic heterocycles. The molecule has 0 aliphatic carbocycles. The van der Waals surface area contributed by atoms with Gasteiger partial charge in [0.05, 0.1) is 7.11 Å². The molecular formula is C12H17NO. The standard InChI is InChI=1S/C12H17NO/c1-14-12-6-4-11(5-7-12)10-13-8-2-3-9-13/h4-7H,2-3,8-10H2,1H3. The van der Waals surface area contributed by atoms with E-state index in [1.807, 2.05) is 12.1 Å². The summed E-state index contributed by atoms with van der Waals surface area (Å²) in [6.45, 7) is 3.60. The lowest BCUT2D eigenvalue weighted by atomic mass is 10.2. The summed E-state index contributed by atoms with van der Waals surface area (Å²) >= 11 is 0. The van der Waals surface area contributed by atoms with Crippen molar-refractivity contribution >= 4 is 0 Å². The molecule has 0 N–H and O–H groups in total. The van der Waals surface area contributed by atoms with Gasteiger partial charge in [0.25, 0.3) is 0 Å². The van der Waals surface area contributed by atoms with Gasteiger partial charge >= 0.3 is 0 Å². The third-order valence-corrected chi connectivity index (χ3v) is 2.76. The minimum Gasteiger partial charge on any atom is -0.497 e. The molecule has 0 amide bonds. The van der Waals surface area contributed by atoms with E-state index in [0.29, 0.717) is 0 Å². The van der Waals surface area contributed by atoms with E-state index in [2.05, 4.69) is 17.0 Å². The first-order valence-electron chi connectivity index (χ1n) is 5.24. The van der Waals surface area contributed by atoms with Crippen LogP contribution in [0, 0.1) is 0 Å². The van der Waals surface area contributed by atoms with Gasteiger partial charge in [0.2, 0.25) is 0 Å². The van der Waals surface area contributed by atoms with Crippen LogP contribution in [0.5, 0.6) is 5.75 Å². The van der Waals surface area contributed by atoms with Crippen molar-refractivity contribution in [1.82, 2.24) is 4.90 Å². The van der Waals surface area contributed by atoms with Crippen LogP contribution in [0.1, 0.15) is 18.4 Å². The van der Waals surface area contributed by atoms with Gasteiger partial charge in [-0.3, -0.25) is 4.90 Å². The molecule has 0 aromatic heterocycles. The van der Waals surface area contributed by atoms with Crippen molar-refractivity contribution in [3.05, 3.63) is 29.8 Å². The average Bonchev–Trinajstić information content (AvgIpc) is 2.72. The van der Waals surface area contributed by atoms with Crippen LogP contribution in [-0.4, -0.2) is 25.1 Å². The molecule has 0 radical (unpaired) electrons. The van der Waals surface area contributed by atoms with E-state index in [0.717, 1.165) is 12.3 Å². The third kappa shape index (κ3) is 2.26. The van der Waals surface area contributed by atoms with Gasteiger partial charge in [0, 0.05) is 6.54 Å². The molecule has 0 spiro atoms. The molecule has 1 aliphatic rings. The Morgan fingerprint density at radius 3 is 2.36 bits per heavy atom. The summed E-state index contributed by atoms with van der Waals surface area (Å²) in [6.07, 6.45) is 2.71. The molecule has 1 fully saturated rings. The molecule has 0 atom stereocenters. The maximum Gasteiger partial charge on any atom is 0.118 e. The summed E-state index contributed by atoms with van der Waals surface area (Å²) in [4.78, 5) is 2.50. The smallest absolute Gasteiger partial charge is 0.118 e. The Labute approximate surface area is 85.5 Å². The minimum atomic E-state index is 0.940. The summed E-state index contributed by atoms with van der Waals surface area (Å²) in [7, 11) is 1.70. The zero-order valence-electron chi connectivity index (χ0n) is 8.70. The molecule has 1 heterocycles. The molecule has 0 bridgehead atoms. The van der Waals surface area contributed by atoms with E-state index in [4.69, 9.17) is 4.74 Å². The monoisotopic (exact) mass is 191 g/mol. The number of likely N-dealkylation sites (tertiary alicyclic amines) is 1. The molecule has 1 saturated heterocycles. The normalized spacial score (nSPS) is 17.2. The number of ether oxygens (including phenoxy) is 1. The van der Waals surface area contributed by atoms with Crippen molar-refractivity contribution in [2.45, 2.75) is 19.4 Å². The Balaban J connectivity index is 1.95. The number of hydrogen-bond donors (Lipinski definition) is 0. The van der Waals surface area contributed by atoms with Crippen molar-refractivity contribution in [3.8, 4) is 5.75 Å². The van der Waals surface area contributed by atoms with Gasteiger partial charge < -0.3 is 4.74 Å². The van der Waals surface area contributed by atoms with Crippen LogP contribution in [0.3, 0.4) is 0 Å². The molecule has 2 nitrogen and oxygen atoms in total. The second-order valence-electron chi connectivity index (χ2n) is 3.83. The second-order valence-corrected chi connectivity index (χ2v) is 3.83. The number of rotatable bonds is 3. The first-order chi connectivity index (χ1) is 6.88. The maximum atomic E-state index is 5.13. The highest BCUT2D eigenvalue weighted by molar-refractivity contribution is 5.27. The van der Waals surface area contributed by atoms with Crippen LogP contribution in [-0.2, 0) is 6.54 Å². The van der Waals surface area contributed by atoms with Crippen LogP contribution in [0.4, 0.5) is 0 Å². The van der Waals surface area contributed by atoms with Gasteiger partial charge in [-0.05, 0) is 43.6 Å². The lowest BCUT2D eigenvalue weighted by Gasteiger charge is -2.14. The zero-order valence-corrected chi connectivity index (χ0v) is 8.70. The SMILES string of the molecule is COc1ccc(CN2CCCC2)cc1. The maximum absolute atomic E-state index is 5.13. The number of benzene rings is 1. The molecule has 2 heteroatoms. The number of methoxy groups -OCH3 is 1. The Hall–Kier alpha value is -1.02. The van der Waals surface area contributed by atoms with Crippen molar-refractivity contribution in [1.29, 1.82) is 0 Å². The molecule has 1 aromatic rings. The minimum absolute atomic E-state index is 0.940. The van der Waals surface area contributed by atoms with Crippen LogP contribution < -0.4 is 4.74 Å². The predicted molar refractivity (Wildman–Crippen MR) is 57.5 cm³/mol. The fourth-order valence-corrected chi connectivity index (χ4v) is 1.93. The third-order valence-electron chi connectivity index (χ3n) is 2.76. The highest BCUT2D eigenvalue weighted by Gasteiger charge is 2.11. The van der Waals surface area contributed by atoms with Crippen LogP contribution >= 0.6 is 0 Å². The first kappa shape index (κ1) is 9.53. The Morgan fingerprint density at radius 2 is 1.79 bits per heavy atom. The zero-order chi connectivity index (χ0) is 9.80. The molecule has 1 aromatic carbocycles. The Kier molecular flexibility index (Phi) is 3.04. The average molecular weight is 191 g/mol. The number of nitrogens with zero attached hydrogens (tertiary/aromatic N) is 1. The molecule has 76 valence electrons. The molecular weight excluding hydrogens is 174 g/mol. The van der Waals surface area contributed by atoms with Crippen LogP contribution in [0.2, 0.25) is 0 Å². The summed E-state index contributed by atoms with van der Waals surface area (Å²) in [5.74, 6) is 0.940. The van der Waals surface area contributed by atoms with Gasteiger partial charge in [-0.1, -0.05) is 12.1 Å². The Bertz CT molecular complexity index is 275. The fourth-order valence-electron chi connectivity index (χ4n) is 1.93. The molecule has 2 rings (SSSR count). The second kappa shape index (κ2) is 4.47. The summed E-state index contributed by atoms with van der Waals surface area (Å²) in [5, 5.41) is 0. The Morgan fingerprint density at radius 1 is 1.14 bits per heavy atom. The van der Waals surface area contributed by atoms with E-state index in [1.165, 1.54) is 31.5 Å². The van der Waals surface area contributed by atoms with E-state index in [9.17, 15) is 0 Å². The predicted octanol–water partition coefficient (Wildman–Crippen LogP) is 2.29. The van der Waals surface area contributed by atoms with E-state index < -0.39 is 0 Å². The van der Waals surface area contributed by atoms with Crippen molar-refractivity contribution in [3.63, 3.8) is 0 Å². The summed E-state index contributed by atoms with van der Waals surface area (Å²) in [6, 6.07) is 8.37. The summed E-state index contributed by atoms with van der Waals surface area (Å²) in [5.41, 5.74) is 1.38. The van der Waals surface area contributed by atoms with Crippen molar-refractivity contribution in [2.24, 2.45) is 0 Å². The topological polar surface area (TPSA) is 12.5 Å². The van der Waals surface area contributed by atoms with Crippen LogP contribution in [0.15, 0.2) is 24.3 Å². The number of hydrogen-bond acceptors (Lipinski definition) is 2. The van der Waals surface area contributed by atoms with Crippen molar-refractivity contribution in [2.75, 3.05) is 20.2 Å². The van der Waals surface area contributed by atoms with Gasteiger partial charge in [-0.2, -0.15) is 0 Å². The lowest BCUT2D eigenvalue weighted by Crippen LogP contribution is -2.18. The highest BCUT2D eigenvalue weighted by Crippen LogP contribution is 2.15.